The number of nitrogens with zero attached hydrogens (tertiary/aromatic N) is 2. The summed E-state index contributed by atoms with van der Waals surface area (Å²) in [6.07, 6.45) is 3.44. The van der Waals surface area contributed by atoms with Gasteiger partial charge in [-0.25, -0.2) is 9.97 Å². The average molecular weight is 165 g/mol. The lowest BCUT2D eigenvalue weighted by Gasteiger charge is -2.08. The molecular weight excluding hydrogens is 150 g/mol. The standard InChI is InChI=1S/C9H15N3/c1-7(2)11-5-9-4-10-6-12-8(9)3/h4,6-7,11H,5H2,1-3H3. The third-order valence-corrected chi connectivity index (χ3v) is 1.71. The Morgan fingerprint density at radius 3 is 2.83 bits per heavy atom. The Morgan fingerprint density at radius 1 is 1.50 bits per heavy atom. The summed E-state index contributed by atoms with van der Waals surface area (Å²) in [4.78, 5) is 8.08. The first-order valence-corrected chi connectivity index (χ1v) is 4.19. The SMILES string of the molecule is Cc1ncncc1CNC(C)C. The van der Waals surface area contributed by atoms with Gasteiger partial charge in [-0.05, 0) is 6.92 Å². The van der Waals surface area contributed by atoms with E-state index < -0.39 is 0 Å². The zero-order valence-electron chi connectivity index (χ0n) is 7.83. The third-order valence-electron chi connectivity index (χ3n) is 1.71. The van der Waals surface area contributed by atoms with Crippen molar-refractivity contribution in [3.05, 3.63) is 23.8 Å². The normalized spacial score (nSPS) is 10.7. The second-order valence-corrected chi connectivity index (χ2v) is 3.17. The topological polar surface area (TPSA) is 37.8 Å². The van der Waals surface area contributed by atoms with Crippen LogP contribution < -0.4 is 5.32 Å². The van der Waals surface area contributed by atoms with E-state index in [0.29, 0.717) is 6.04 Å². The van der Waals surface area contributed by atoms with Crippen molar-refractivity contribution in [2.45, 2.75) is 33.4 Å². The summed E-state index contributed by atoms with van der Waals surface area (Å²) in [7, 11) is 0. The quantitative estimate of drug-likeness (QED) is 0.733. The maximum Gasteiger partial charge on any atom is 0.115 e. The van der Waals surface area contributed by atoms with Crippen LogP contribution in [0.1, 0.15) is 25.1 Å². The number of aromatic nitrogens is 2. The zero-order valence-corrected chi connectivity index (χ0v) is 7.83. The van der Waals surface area contributed by atoms with E-state index in [-0.39, 0.29) is 0 Å². The van der Waals surface area contributed by atoms with Gasteiger partial charge in [-0.15, -0.1) is 0 Å². The van der Waals surface area contributed by atoms with Crippen LogP contribution in [0, 0.1) is 6.92 Å². The number of rotatable bonds is 3. The lowest BCUT2D eigenvalue weighted by molar-refractivity contribution is 0.585. The van der Waals surface area contributed by atoms with Crippen molar-refractivity contribution in [3.63, 3.8) is 0 Å². The number of aryl methyl sites for hydroxylation is 1. The molecule has 0 unspecified atom stereocenters. The minimum atomic E-state index is 0.504. The van der Waals surface area contributed by atoms with E-state index in [9.17, 15) is 0 Å². The molecule has 3 heteroatoms. The van der Waals surface area contributed by atoms with Crippen LogP contribution >= 0.6 is 0 Å². The molecule has 0 bridgehead atoms. The van der Waals surface area contributed by atoms with Crippen LogP contribution in [-0.2, 0) is 6.54 Å². The van der Waals surface area contributed by atoms with Crippen LogP contribution in [0.5, 0.6) is 0 Å². The predicted molar refractivity (Wildman–Crippen MR) is 48.7 cm³/mol. The summed E-state index contributed by atoms with van der Waals surface area (Å²) in [5, 5.41) is 3.32. The van der Waals surface area contributed by atoms with E-state index in [4.69, 9.17) is 0 Å². The van der Waals surface area contributed by atoms with Crippen LogP contribution in [0.25, 0.3) is 0 Å². The van der Waals surface area contributed by atoms with Crippen molar-refractivity contribution < 1.29 is 0 Å². The molecule has 0 fully saturated rings. The summed E-state index contributed by atoms with van der Waals surface area (Å²) in [6, 6.07) is 0.504. The first-order valence-electron chi connectivity index (χ1n) is 4.19. The van der Waals surface area contributed by atoms with Gasteiger partial charge in [0.2, 0.25) is 0 Å². The molecule has 66 valence electrons. The molecule has 0 aliphatic heterocycles. The fourth-order valence-corrected chi connectivity index (χ4v) is 0.907. The smallest absolute Gasteiger partial charge is 0.115 e. The van der Waals surface area contributed by atoms with Crippen molar-refractivity contribution in [1.29, 1.82) is 0 Å². The fourth-order valence-electron chi connectivity index (χ4n) is 0.907. The zero-order chi connectivity index (χ0) is 8.97. The average Bonchev–Trinajstić information content (AvgIpc) is 2.03. The van der Waals surface area contributed by atoms with Gasteiger partial charge in [0.25, 0.3) is 0 Å². The lowest BCUT2D eigenvalue weighted by atomic mass is 10.2. The highest BCUT2D eigenvalue weighted by Crippen LogP contribution is 2.00. The second kappa shape index (κ2) is 4.16. The molecule has 1 aromatic heterocycles. The summed E-state index contributed by atoms with van der Waals surface area (Å²) in [5.74, 6) is 0. The molecule has 1 aromatic rings. The Hall–Kier alpha value is -0.960. The Labute approximate surface area is 73.2 Å². The Kier molecular flexibility index (Phi) is 3.17. The molecule has 1 N–H and O–H groups in total. The molecule has 0 spiro atoms. The van der Waals surface area contributed by atoms with E-state index in [1.807, 2.05) is 13.1 Å². The first kappa shape index (κ1) is 9.13. The van der Waals surface area contributed by atoms with E-state index in [1.165, 1.54) is 5.56 Å². The molecule has 1 rings (SSSR count). The van der Waals surface area contributed by atoms with Crippen LogP contribution in [0.2, 0.25) is 0 Å². The molecule has 1 heterocycles. The van der Waals surface area contributed by atoms with E-state index in [2.05, 4.69) is 29.1 Å². The highest BCUT2D eigenvalue weighted by atomic mass is 14.9. The third kappa shape index (κ3) is 2.58. The van der Waals surface area contributed by atoms with Crippen molar-refractivity contribution >= 4 is 0 Å². The highest BCUT2D eigenvalue weighted by Gasteiger charge is 1.98. The molecule has 0 saturated heterocycles. The van der Waals surface area contributed by atoms with Gasteiger partial charge in [0.15, 0.2) is 0 Å². The Morgan fingerprint density at radius 2 is 2.25 bits per heavy atom. The molecule has 0 radical (unpaired) electrons. The molecule has 0 aromatic carbocycles. The van der Waals surface area contributed by atoms with Gasteiger partial charge in [0, 0.05) is 30.0 Å². The number of nitrogens with one attached hydrogen (secondary N) is 1. The molecule has 0 aliphatic rings. The van der Waals surface area contributed by atoms with Crippen LogP contribution in [0.3, 0.4) is 0 Å². The van der Waals surface area contributed by atoms with Gasteiger partial charge in [-0.1, -0.05) is 13.8 Å². The molecule has 0 saturated carbocycles. The summed E-state index contributed by atoms with van der Waals surface area (Å²) < 4.78 is 0. The molecule has 0 aliphatic carbocycles. The van der Waals surface area contributed by atoms with Gasteiger partial charge >= 0.3 is 0 Å². The molecular formula is C9H15N3. The van der Waals surface area contributed by atoms with Crippen LogP contribution in [-0.4, -0.2) is 16.0 Å². The molecule has 12 heavy (non-hydrogen) atoms. The minimum Gasteiger partial charge on any atom is -0.310 e. The monoisotopic (exact) mass is 165 g/mol. The van der Waals surface area contributed by atoms with Crippen molar-refractivity contribution in [2.75, 3.05) is 0 Å². The van der Waals surface area contributed by atoms with Gasteiger partial charge in [-0.3, -0.25) is 0 Å². The summed E-state index contributed by atoms with van der Waals surface area (Å²) >= 11 is 0. The van der Waals surface area contributed by atoms with Gasteiger partial charge < -0.3 is 5.32 Å². The van der Waals surface area contributed by atoms with E-state index in [0.717, 1.165) is 12.2 Å². The van der Waals surface area contributed by atoms with Gasteiger partial charge in [0.1, 0.15) is 6.33 Å². The molecule has 0 amide bonds. The van der Waals surface area contributed by atoms with Gasteiger partial charge in [-0.2, -0.15) is 0 Å². The van der Waals surface area contributed by atoms with E-state index >= 15 is 0 Å². The minimum absolute atomic E-state index is 0.504. The Bertz CT molecular complexity index is 245. The summed E-state index contributed by atoms with van der Waals surface area (Å²) in [6.45, 7) is 7.10. The largest absolute Gasteiger partial charge is 0.310 e. The summed E-state index contributed by atoms with van der Waals surface area (Å²) in [5.41, 5.74) is 2.23. The maximum absolute atomic E-state index is 4.11. The number of hydrogen-bond acceptors (Lipinski definition) is 3. The van der Waals surface area contributed by atoms with Crippen molar-refractivity contribution in [2.24, 2.45) is 0 Å². The maximum atomic E-state index is 4.11. The lowest BCUT2D eigenvalue weighted by Crippen LogP contribution is -2.22. The van der Waals surface area contributed by atoms with Crippen LogP contribution in [0.15, 0.2) is 12.5 Å². The van der Waals surface area contributed by atoms with Crippen LogP contribution in [0.4, 0.5) is 0 Å². The molecule has 3 nitrogen and oxygen atoms in total. The molecule has 0 atom stereocenters. The number of hydrogen-bond donors (Lipinski definition) is 1. The van der Waals surface area contributed by atoms with Crippen molar-refractivity contribution in [1.82, 2.24) is 15.3 Å². The predicted octanol–water partition coefficient (Wildman–Crippen LogP) is 1.28. The van der Waals surface area contributed by atoms with E-state index in [1.54, 1.807) is 6.33 Å². The fraction of sp³-hybridized carbons (Fsp3) is 0.556. The highest BCUT2D eigenvalue weighted by molar-refractivity contribution is 5.13. The second-order valence-electron chi connectivity index (χ2n) is 3.17. The van der Waals surface area contributed by atoms with Crippen molar-refractivity contribution in [3.8, 4) is 0 Å². The van der Waals surface area contributed by atoms with Gasteiger partial charge in [0.05, 0.1) is 0 Å². The Balaban J connectivity index is 2.57. The first-order chi connectivity index (χ1) is 5.70.